The number of anilines is 1. The molecule has 0 saturated heterocycles. The molecular formula is C12H16ClN3. The molecule has 0 atom stereocenters. The minimum atomic E-state index is 0. The summed E-state index contributed by atoms with van der Waals surface area (Å²) in [7, 11) is 0. The van der Waals surface area contributed by atoms with Gasteiger partial charge in [-0.25, -0.2) is 4.98 Å². The summed E-state index contributed by atoms with van der Waals surface area (Å²) in [5, 5.41) is 8.75. The zero-order valence-electron chi connectivity index (χ0n) is 9.15. The highest BCUT2D eigenvalue weighted by atomic mass is 35.5. The Morgan fingerprint density at radius 2 is 1.94 bits per heavy atom. The summed E-state index contributed by atoms with van der Waals surface area (Å²) in [6, 6.07) is 5.77. The Hall–Kier alpha value is -1.27. The summed E-state index contributed by atoms with van der Waals surface area (Å²) in [5.74, 6) is 0.925. The molecule has 1 aromatic heterocycles. The van der Waals surface area contributed by atoms with E-state index in [2.05, 4.69) is 4.98 Å². The van der Waals surface area contributed by atoms with E-state index in [1.807, 2.05) is 12.1 Å². The van der Waals surface area contributed by atoms with Crippen LogP contribution < -0.4 is 5.73 Å². The van der Waals surface area contributed by atoms with E-state index in [-0.39, 0.29) is 12.4 Å². The molecule has 1 aliphatic rings. The molecule has 16 heavy (non-hydrogen) atoms. The minimum absolute atomic E-state index is 0. The van der Waals surface area contributed by atoms with E-state index in [0.717, 1.165) is 5.69 Å². The Morgan fingerprint density at radius 1 is 1.25 bits per heavy atom. The average molecular weight is 238 g/mol. The van der Waals surface area contributed by atoms with Crippen molar-refractivity contribution in [2.75, 3.05) is 5.73 Å². The molecule has 2 rings (SSSR count). The molecule has 0 radical (unpaired) electrons. The summed E-state index contributed by atoms with van der Waals surface area (Å²) >= 11 is 0. The quantitative estimate of drug-likeness (QED) is 0.817. The van der Waals surface area contributed by atoms with Crippen molar-refractivity contribution in [2.45, 2.75) is 38.0 Å². The second-order valence-corrected chi connectivity index (χ2v) is 4.12. The molecule has 1 aromatic rings. The Bertz CT molecular complexity index is 392. The number of pyridine rings is 1. The largest absolute Gasteiger partial charge is 0.383 e. The number of nitrogen functional groups attached to an aromatic ring is 1. The molecule has 1 fully saturated rings. The maximum Gasteiger partial charge on any atom is 0.141 e. The highest BCUT2D eigenvalue weighted by Gasteiger charge is 2.17. The standard InChI is InChI=1S/C12H15N3.ClH/c13-8-10-6-7-11(15-12(10)14)9-4-2-1-3-5-9;/h6-7,9H,1-5H2,(H2,14,15);1H. The second kappa shape index (κ2) is 5.72. The summed E-state index contributed by atoms with van der Waals surface area (Å²) < 4.78 is 0. The third kappa shape index (κ3) is 2.65. The Labute approximate surface area is 102 Å². The predicted octanol–water partition coefficient (Wildman–Crippen LogP) is 3.00. The first-order valence-electron chi connectivity index (χ1n) is 5.48. The number of hydrogen-bond acceptors (Lipinski definition) is 3. The van der Waals surface area contributed by atoms with Crippen LogP contribution in [0.1, 0.15) is 49.3 Å². The van der Waals surface area contributed by atoms with Gasteiger partial charge in [-0.1, -0.05) is 19.3 Å². The van der Waals surface area contributed by atoms with Crippen LogP contribution in [-0.4, -0.2) is 4.98 Å². The predicted molar refractivity (Wildman–Crippen MR) is 66.4 cm³/mol. The molecule has 1 heterocycles. The van der Waals surface area contributed by atoms with E-state index < -0.39 is 0 Å². The number of nitrogens with zero attached hydrogens (tertiary/aromatic N) is 2. The Kier molecular flexibility index (Phi) is 4.57. The monoisotopic (exact) mass is 237 g/mol. The van der Waals surface area contributed by atoms with E-state index in [1.165, 1.54) is 32.1 Å². The summed E-state index contributed by atoms with van der Waals surface area (Å²) in [6.07, 6.45) is 6.32. The van der Waals surface area contributed by atoms with E-state index >= 15 is 0 Å². The first-order valence-corrected chi connectivity index (χ1v) is 5.48. The third-order valence-electron chi connectivity index (χ3n) is 3.09. The maximum absolute atomic E-state index is 8.75. The highest BCUT2D eigenvalue weighted by molar-refractivity contribution is 5.85. The Balaban J connectivity index is 0.00000128. The van der Waals surface area contributed by atoms with Crippen LogP contribution in [-0.2, 0) is 0 Å². The van der Waals surface area contributed by atoms with Gasteiger partial charge in [0.2, 0.25) is 0 Å². The number of hydrogen-bond donors (Lipinski definition) is 1. The van der Waals surface area contributed by atoms with Gasteiger partial charge in [0.05, 0.1) is 5.56 Å². The second-order valence-electron chi connectivity index (χ2n) is 4.12. The first kappa shape index (κ1) is 12.8. The zero-order valence-corrected chi connectivity index (χ0v) is 9.96. The lowest BCUT2D eigenvalue weighted by Crippen LogP contribution is -2.08. The Morgan fingerprint density at radius 3 is 2.50 bits per heavy atom. The molecule has 0 spiro atoms. The van der Waals surface area contributed by atoms with Gasteiger partial charge >= 0.3 is 0 Å². The molecule has 0 amide bonds. The van der Waals surface area contributed by atoms with Gasteiger partial charge in [0.15, 0.2) is 0 Å². The van der Waals surface area contributed by atoms with Crippen LogP contribution >= 0.6 is 12.4 Å². The fourth-order valence-electron chi connectivity index (χ4n) is 2.21. The van der Waals surface area contributed by atoms with Crippen molar-refractivity contribution < 1.29 is 0 Å². The summed E-state index contributed by atoms with van der Waals surface area (Å²) in [5.41, 5.74) is 7.25. The van der Waals surface area contributed by atoms with E-state index in [1.54, 1.807) is 6.07 Å². The molecule has 2 N–H and O–H groups in total. The number of nitriles is 1. The van der Waals surface area contributed by atoms with Crippen LogP contribution in [0.4, 0.5) is 5.82 Å². The van der Waals surface area contributed by atoms with Gasteiger partial charge in [0, 0.05) is 11.6 Å². The van der Waals surface area contributed by atoms with Gasteiger partial charge in [-0.2, -0.15) is 5.26 Å². The molecule has 1 saturated carbocycles. The van der Waals surface area contributed by atoms with Gasteiger partial charge in [0.25, 0.3) is 0 Å². The van der Waals surface area contributed by atoms with Crippen LogP contribution in [0.5, 0.6) is 0 Å². The summed E-state index contributed by atoms with van der Waals surface area (Å²) in [4.78, 5) is 4.32. The van der Waals surface area contributed by atoms with Crippen molar-refractivity contribution in [2.24, 2.45) is 0 Å². The van der Waals surface area contributed by atoms with E-state index in [9.17, 15) is 0 Å². The zero-order chi connectivity index (χ0) is 10.7. The summed E-state index contributed by atoms with van der Waals surface area (Å²) in [6.45, 7) is 0. The van der Waals surface area contributed by atoms with Crippen molar-refractivity contribution >= 4 is 18.2 Å². The molecule has 0 bridgehead atoms. The number of aromatic nitrogens is 1. The SMILES string of the molecule is Cl.N#Cc1ccc(C2CCCCC2)nc1N. The number of nitrogens with two attached hydrogens (primary N) is 1. The molecule has 4 heteroatoms. The van der Waals surface area contributed by atoms with Crippen molar-refractivity contribution in [3.8, 4) is 6.07 Å². The lowest BCUT2D eigenvalue weighted by Gasteiger charge is -2.21. The first-order chi connectivity index (χ1) is 7.31. The van der Waals surface area contributed by atoms with Crippen LogP contribution in [0, 0.1) is 11.3 Å². The molecule has 86 valence electrons. The van der Waals surface area contributed by atoms with Gasteiger partial charge in [-0.3, -0.25) is 0 Å². The van der Waals surface area contributed by atoms with Gasteiger partial charge in [0.1, 0.15) is 11.9 Å². The number of halogens is 1. The van der Waals surface area contributed by atoms with Crippen molar-refractivity contribution in [1.29, 1.82) is 5.26 Å². The van der Waals surface area contributed by atoms with Gasteiger partial charge in [-0.05, 0) is 25.0 Å². The fraction of sp³-hybridized carbons (Fsp3) is 0.500. The van der Waals surface area contributed by atoms with Crippen LogP contribution in [0.2, 0.25) is 0 Å². The lowest BCUT2D eigenvalue weighted by molar-refractivity contribution is 0.437. The normalized spacial score (nSPS) is 16.2. The minimum Gasteiger partial charge on any atom is -0.383 e. The van der Waals surface area contributed by atoms with E-state index in [0.29, 0.717) is 17.3 Å². The van der Waals surface area contributed by atoms with Crippen LogP contribution in [0.25, 0.3) is 0 Å². The van der Waals surface area contributed by atoms with E-state index in [4.69, 9.17) is 11.0 Å². The van der Waals surface area contributed by atoms with Gasteiger partial charge < -0.3 is 5.73 Å². The van der Waals surface area contributed by atoms with Crippen LogP contribution in [0.15, 0.2) is 12.1 Å². The lowest BCUT2D eigenvalue weighted by atomic mass is 9.86. The molecule has 0 aromatic carbocycles. The highest BCUT2D eigenvalue weighted by Crippen LogP contribution is 2.32. The fourth-order valence-corrected chi connectivity index (χ4v) is 2.21. The molecule has 0 unspecified atom stereocenters. The van der Waals surface area contributed by atoms with Crippen LogP contribution in [0.3, 0.4) is 0 Å². The number of rotatable bonds is 1. The molecular weight excluding hydrogens is 222 g/mol. The van der Waals surface area contributed by atoms with Crippen molar-refractivity contribution in [3.05, 3.63) is 23.4 Å². The van der Waals surface area contributed by atoms with Gasteiger partial charge in [-0.15, -0.1) is 12.4 Å². The maximum atomic E-state index is 8.75. The molecule has 1 aliphatic carbocycles. The van der Waals surface area contributed by atoms with Crippen molar-refractivity contribution in [3.63, 3.8) is 0 Å². The topological polar surface area (TPSA) is 62.7 Å². The average Bonchev–Trinajstić information content (AvgIpc) is 2.30. The molecule has 0 aliphatic heterocycles. The third-order valence-corrected chi connectivity index (χ3v) is 3.09. The smallest absolute Gasteiger partial charge is 0.141 e. The van der Waals surface area contributed by atoms with Crippen molar-refractivity contribution in [1.82, 2.24) is 4.98 Å². The molecule has 3 nitrogen and oxygen atoms in total.